The number of carbonyl (C=O) groups excluding carboxylic acids is 1. The molecule has 0 aliphatic heterocycles. The average molecular weight is 281 g/mol. The summed E-state index contributed by atoms with van der Waals surface area (Å²) in [5, 5.41) is 3.09. The van der Waals surface area contributed by atoms with E-state index in [2.05, 4.69) is 25.2 Å². The van der Waals surface area contributed by atoms with E-state index < -0.39 is 5.41 Å². The van der Waals surface area contributed by atoms with Crippen molar-refractivity contribution in [3.05, 3.63) is 65.7 Å². The smallest absolute Gasteiger partial charge is 0.234 e. The summed E-state index contributed by atoms with van der Waals surface area (Å²) in [4.78, 5) is 12.7. The lowest BCUT2D eigenvalue weighted by atomic mass is 9.83. The van der Waals surface area contributed by atoms with Gasteiger partial charge in [-0.25, -0.2) is 0 Å². The third-order valence-corrected chi connectivity index (χ3v) is 3.89. The quantitative estimate of drug-likeness (QED) is 0.862. The molecule has 0 radical (unpaired) electrons. The van der Waals surface area contributed by atoms with Crippen molar-refractivity contribution in [3.63, 3.8) is 0 Å². The van der Waals surface area contributed by atoms with E-state index in [1.807, 2.05) is 62.4 Å². The predicted octanol–water partition coefficient (Wildman–Crippen LogP) is 4.73. The molecule has 2 rings (SSSR count). The Labute approximate surface area is 127 Å². The molecular weight excluding hydrogens is 258 g/mol. The molecule has 0 bridgehead atoms. The highest BCUT2D eigenvalue weighted by Crippen LogP contribution is 2.28. The van der Waals surface area contributed by atoms with E-state index in [0.29, 0.717) is 5.92 Å². The van der Waals surface area contributed by atoms with Gasteiger partial charge in [-0.15, -0.1) is 0 Å². The van der Waals surface area contributed by atoms with Crippen molar-refractivity contribution in [2.45, 2.75) is 39.0 Å². The van der Waals surface area contributed by atoms with Crippen LogP contribution in [0.25, 0.3) is 0 Å². The van der Waals surface area contributed by atoms with Crippen molar-refractivity contribution in [1.29, 1.82) is 0 Å². The highest BCUT2D eigenvalue weighted by atomic mass is 16.2. The minimum Gasteiger partial charge on any atom is -0.325 e. The third kappa shape index (κ3) is 3.33. The van der Waals surface area contributed by atoms with Gasteiger partial charge in [0.05, 0.1) is 5.41 Å². The Kier molecular flexibility index (Phi) is 4.46. The van der Waals surface area contributed by atoms with Gasteiger partial charge in [-0.1, -0.05) is 62.4 Å². The Bertz CT molecular complexity index is 614. The van der Waals surface area contributed by atoms with E-state index in [-0.39, 0.29) is 5.91 Å². The lowest BCUT2D eigenvalue weighted by molar-refractivity contribution is -0.120. The summed E-state index contributed by atoms with van der Waals surface area (Å²) in [5.74, 6) is 0.392. The van der Waals surface area contributed by atoms with Crippen molar-refractivity contribution >= 4 is 11.6 Å². The van der Waals surface area contributed by atoms with Gasteiger partial charge < -0.3 is 5.32 Å². The zero-order chi connectivity index (χ0) is 15.5. The van der Waals surface area contributed by atoms with Crippen molar-refractivity contribution in [3.8, 4) is 0 Å². The first kappa shape index (κ1) is 15.3. The number of hydrogen-bond acceptors (Lipinski definition) is 1. The van der Waals surface area contributed by atoms with Gasteiger partial charge in [0.25, 0.3) is 0 Å². The second kappa shape index (κ2) is 6.13. The molecule has 110 valence electrons. The van der Waals surface area contributed by atoms with Gasteiger partial charge in [0, 0.05) is 5.69 Å². The first-order valence-electron chi connectivity index (χ1n) is 7.39. The average Bonchev–Trinajstić information content (AvgIpc) is 2.48. The SMILES string of the molecule is CC(C)c1ccccc1NC(=O)C(C)(C)c1ccccc1. The molecule has 0 spiro atoms. The monoisotopic (exact) mass is 281 g/mol. The van der Waals surface area contributed by atoms with E-state index in [1.54, 1.807) is 0 Å². The first-order chi connectivity index (χ1) is 9.93. The topological polar surface area (TPSA) is 29.1 Å². The van der Waals surface area contributed by atoms with Crippen molar-refractivity contribution in [1.82, 2.24) is 0 Å². The summed E-state index contributed by atoms with van der Waals surface area (Å²) in [7, 11) is 0. The number of rotatable bonds is 4. The van der Waals surface area contributed by atoms with Crippen LogP contribution in [0.4, 0.5) is 5.69 Å². The maximum atomic E-state index is 12.7. The van der Waals surface area contributed by atoms with Crippen molar-refractivity contribution < 1.29 is 4.79 Å². The standard InChI is InChI=1S/C19H23NO/c1-14(2)16-12-8-9-13-17(16)20-18(21)19(3,4)15-10-6-5-7-11-15/h5-14H,1-4H3,(H,20,21). The molecule has 1 N–H and O–H groups in total. The Morgan fingerprint density at radius 2 is 1.52 bits per heavy atom. The fourth-order valence-corrected chi connectivity index (χ4v) is 2.38. The summed E-state index contributed by atoms with van der Waals surface area (Å²) >= 11 is 0. The van der Waals surface area contributed by atoms with E-state index in [0.717, 1.165) is 16.8 Å². The molecule has 0 aliphatic rings. The highest BCUT2D eigenvalue weighted by molar-refractivity contribution is 5.99. The van der Waals surface area contributed by atoms with E-state index in [9.17, 15) is 4.79 Å². The Balaban J connectivity index is 2.26. The normalized spacial score (nSPS) is 11.5. The van der Waals surface area contributed by atoms with Crippen LogP contribution in [0.1, 0.15) is 44.7 Å². The molecule has 0 atom stereocenters. The fourth-order valence-electron chi connectivity index (χ4n) is 2.38. The summed E-state index contributed by atoms with van der Waals surface area (Å²) < 4.78 is 0. The minimum absolute atomic E-state index is 0.0156. The minimum atomic E-state index is -0.564. The molecule has 2 aromatic rings. The van der Waals surface area contributed by atoms with Gasteiger partial charge in [0.1, 0.15) is 0 Å². The molecule has 0 saturated heterocycles. The van der Waals surface area contributed by atoms with Crippen LogP contribution in [0.15, 0.2) is 54.6 Å². The lowest BCUT2D eigenvalue weighted by Crippen LogP contribution is -2.35. The Hall–Kier alpha value is -2.09. The van der Waals surface area contributed by atoms with Gasteiger partial charge in [0.2, 0.25) is 5.91 Å². The molecule has 0 saturated carbocycles. The van der Waals surface area contributed by atoms with Gasteiger partial charge >= 0.3 is 0 Å². The number of anilines is 1. The van der Waals surface area contributed by atoms with Crippen LogP contribution in [0.2, 0.25) is 0 Å². The number of para-hydroxylation sites is 1. The number of hydrogen-bond donors (Lipinski definition) is 1. The molecule has 0 heterocycles. The van der Waals surface area contributed by atoms with Crippen LogP contribution < -0.4 is 5.32 Å². The van der Waals surface area contributed by atoms with Crippen LogP contribution in [-0.2, 0) is 10.2 Å². The van der Waals surface area contributed by atoms with Crippen LogP contribution >= 0.6 is 0 Å². The third-order valence-electron chi connectivity index (χ3n) is 3.89. The largest absolute Gasteiger partial charge is 0.325 e. The number of carbonyl (C=O) groups is 1. The summed E-state index contributed by atoms with van der Waals surface area (Å²) in [6.45, 7) is 8.17. The van der Waals surface area contributed by atoms with Crippen LogP contribution in [0.3, 0.4) is 0 Å². The van der Waals surface area contributed by atoms with Crippen LogP contribution in [-0.4, -0.2) is 5.91 Å². The van der Waals surface area contributed by atoms with E-state index >= 15 is 0 Å². The second-order valence-electron chi connectivity index (χ2n) is 6.19. The molecule has 1 amide bonds. The number of nitrogens with one attached hydrogen (secondary N) is 1. The Morgan fingerprint density at radius 3 is 2.14 bits per heavy atom. The summed E-state index contributed by atoms with van der Waals surface area (Å²) in [6, 6.07) is 17.9. The van der Waals surface area contributed by atoms with Gasteiger partial charge in [-0.2, -0.15) is 0 Å². The van der Waals surface area contributed by atoms with Gasteiger partial charge in [-0.05, 0) is 37.0 Å². The molecule has 0 fully saturated rings. The number of benzene rings is 2. The van der Waals surface area contributed by atoms with Gasteiger partial charge in [0.15, 0.2) is 0 Å². The fraction of sp³-hybridized carbons (Fsp3) is 0.316. The predicted molar refractivity (Wildman–Crippen MR) is 88.6 cm³/mol. The summed E-state index contributed by atoms with van der Waals surface area (Å²) in [5.41, 5.74) is 2.52. The molecule has 0 aromatic heterocycles. The maximum absolute atomic E-state index is 12.7. The molecule has 0 unspecified atom stereocenters. The van der Waals surface area contributed by atoms with Gasteiger partial charge in [-0.3, -0.25) is 4.79 Å². The molecular formula is C19H23NO. The molecule has 2 aromatic carbocycles. The van der Waals surface area contributed by atoms with E-state index in [1.165, 1.54) is 0 Å². The van der Waals surface area contributed by atoms with Crippen molar-refractivity contribution in [2.75, 3.05) is 5.32 Å². The van der Waals surface area contributed by atoms with Crippen molar-refractivity contribution in [2.24, 2.45) is 0 Å². The zero-order valence-electron chi connectivity index (χ0n) is 13.2. The molecule has 2 nitrogen and oxygen atoms in total. The van der Waals surface area contributed by atoms with Crippen LogP contribution in [0, 0.1) is 0 Å². The second-order valence-corrected chi connectivity index (χ2v) is 6.19. The lowest BCUT2D eigenvalue weighted by Gasteiger charge is -2.25. The Morgan fingerprint density at radius 1 is 0.952 bits per heavy atom. The molecule has 2 heteroatoms. The zero-order valence-corrected chi connectivity index (χ0v) is 13.2. The van der Waals surface area contributed by atoms with E-state index in [4.69, 9.17) is 0 Å². The van der Waals surface area contributed by atoms with Crippen LogP contribution in [0.5, 0.6) is 0 Å². The molecule has 21 heavy (non-hydrogen) atoms. The highest BCUT2D eigenvalue weighted by Gasteiger charge is 2.30. The summed E-state index contributed by atoms with van der Waals surface area (Å²) in [6.07, 6.45) is 0. The maximum Gasteiger partial charge on any atom is 0.234 e. The first-order valence-corrected chi connectivity index (χ1v) is 7.39. The molecule has 0 aliphatic carbocycles. The number of amides is 1.